The van der Waals surface area contributed by atoms with E-state index in [0.717, 1.165) is 22.6 Å². The van der Waals surface area contributed by atoms with Crippen LogP contribution in [0.2, 0.25) is 0 Å². The smallest absolute Gasteiger partial charge is 0.490 e. The van der Waals surface area contributed by atoms with Gasteiger partial charge in [0, 0.05) is 17.6 Å². The topological polar surface area (TPSA) is 22.6 Å². The van der Waals surface area contributed by atoms with Crippen LogP contribution < -0.4 is 14.7 Å². The van der Waals surface area contributed by atoms with Crippen molar-refractivity contribution in [1.29, 1.82) is 0 Å². The monoisotopic (exact) mass is 644 g/mol. The van der Waals surface area contributed by atoms with Gasteiger partial charge in [0.2, 0.25) is 0 Å². The van der Waals surface area contributed by atoms with E-state index in [1.54, 1.807) is 6.20 Å². The van der Waals surface area contributed by atoms with Gasteiger partial charge in [0.05, 0.1) is 11.4 Å². The van der Waals surface area contributed by atoms with Crippen LogP contribution in [-0.2, 0) is 20.1 Å². The average Bonchev–Trinajstić information content (AvgIpc) is 3.34. The SMILES string of the molecule is CN1c2ccc[c-]c2N2[CH-]N(c3ccccc3)c3cccc1c32.[Ir+3].[c-]1ccccc1-c1ccccn1. The molecule has 36 heavy (non-hydrogen) atoms. The first-order chi connectivity index (χ1) is 17.3. The first-order valence-electron chi connectivity index (χ1n) is 11.6. The maximum atomic E-state index is 4.22. The van der Waals surface area contributed by atoms with Gasteiger partial charge in [-0.3, -0.25) is 0 Å². The maximum absolute atomic E-state index is 4.22. The van der Waals surface area contributed by atoms with Gasteiger partial charge in [-0.2, -0.15) is 18.2 Å². The normalized spacial score (nSPS) is 12.6. The minimum absolute atomic E-state index is 0. The number of anilines is 6. The van der Waals surface area contributed by atoms with Gasteiger partial charge in [-0.25, -0.2) is 0 Å². The number of pyridine rings is 1. The van der Waals surface area contributed by atoms with E-state index in [9.17, 15) is 0 Å². The molecule has 0 bridgehead atoms. The van der Waals surface area contributed by atoms with E-state index in [1.165, 1.54) is 22.7 Å². The molecule has 0 spiro atoms. The van der Waals surface area contributed by atoms with Gasteiger partial charge < -0.3 is 19.7 Å². The molecule has 5 aromatic rings. The standard InChI is InChI=1S/C20H15N3.C11H8N.Ir/c1-21-16-10-5-6-11-17(16)23-14-22(15-8-3-2-4-9-15)19-13-7-12-18(21)20(19)23;1-2-6-10(7-3-1)11-8-4-5-9-12-11;/h2-10,12-14H,1H3;1-6,8-9H;/q-2;-1;+3. The minimum Gasteiger partial charge on any atom is -0.490 e. The van der Waals surface area contributed by atoms with E-state index in [-0.39, 0.29) is 20.1 Å². The zero-order valence-electron chi connectivity index (χ0n) is 19.7. The summed E-state index contributed by atoms with van der Waals surface area (Å²) in [5.41, 5.74) is 9.06. The summed E-state index contributed by atoms with van der Waals surface area (Å²) in [5.74, 6) is 0. The molecule has 2 aliphatic rings. The molecular formula is C31H23IrN4. The number of fused-ring (bicyclic) bond motifs is 2. The molecule has 0 unspecified atom stereocenters. The minimum atomic E-state index is 0. The summed E-state index contributed by atoms with van der Waals surface area (Å²) in [6.07, 6.45) is 1.79. The number of hydrogen-bond donors (Lipinski definition) is 0. The zero-order chi connectivity index (χ0) is 23.6. The van der Waals surface area contributed by atoms with Gasteiger partial charge in [0.15, 0.2) is 0 Å². The molecule has 0 atom stereocenters. The van der Waals surface area contributed by atoms with E-state index in [0.29, 0.717) is 0 Å². The van der Waals surface area contributed by atoms with Crippen LogP contribution in [0.1, 0.15) is 0 Å². The predicted octanol–water partition coefficient (Wildman–Crippen LogP) is 7.52. The molecule has 4 aromatic carbocycles. The van der Waals surface area contributed by atoms with Crippen LogP contribution in [-0.4, -0.2) is 12.0 Å². The van der Waals surface area contributed by atoms with Crippen LogP contribution in [0.5, 0.6) is 0 Å². The Kier molecular flexibility index (Phi) is 6.86. The third-order valence-electron chi connectivity index (χ3n) is 6.19. The molecule has 3 heterocycles. The molecule has 2 aliphatic heterocycles. The van der Waals surface area contributed by atoms with Gasteiger partial charge in [0.1, 0.15) is 0 Å². The Morgan fingerprint density at radius 1 is 0.667 bits per heavy atom. The number of rotatable bonds is 2. The second-order valence-electron chi connectivity index (χ2n) is 8.29. The molecule has 0 amide bonds. The quantitative estimate of drug-likeness (QED) is 0.186. The van der Waals surface area contributed by atoms with Crippen molar-refractivity contribution in [2.24, 2.45) is 0 Å². The number of aromatic nitrogens is 1. The maximum Gasteiger partial charge on any atom is 3.00 e. The Labute approximate surface area is 225 Å². The summed E-state index contributed by atoms with van der Waals surface area (Å²) in [6.45, 7) is 2.16. The van der Waals surface area contributed by atoms with Crippen molar-refractivity contribution < 1.29 is 20.1 Å². The van der Waals surface area contributed by atoms with Crippen molar-refractivity contribution in [3.05, 3.63) is 134 Å². The predicted molar refractivity (Wildman–Crippen MR) is 143 cm³/mol. The summed E-state index contributed by atoms with van der Waals surface area (Å²) in [7, 11) is 2.12. The molecule has 0 radical (unpaired) electrons. The molecule has 4 nitrogen and oxygen atoms in total. The van der Waals surface area contributed by atoms with Crippen LogP contribution >= 0.6 is 0 Å². The summed E-state index contributed by atoms with van der Waals surface area (Å²) in [5, 5.41) is 0. The van der Waals surface area contributed by atoms with E-state index < -0.39 is 0 Å². The van der Waals surface area contributed by atoms with Crippen molar-refractivity contribution >= 4 is 34.1 Å². The van der Waals surface area contributed by atoms with Crippen LogP contribution in [0.3, 0.4) is 0 Å². The zero-order valence-corrected chi connectivity index (χ0v) is 22.1. The Balaban J connectivity index is 0.000000175. The molecule has 176 valence electrons. The van der Waals surface area contributed by atoms with Gasteiger partial charge in [-0.05, 0) is 48.8 Å². The summed E-state index contributed by atoms with van der Waals surface area (Å²) < 4.78 is 0. The van der Waals surface area contributed by atoms with Gasteiger partial charge in [-0.15, -0.1) is 48.6 Å². The fraction of sp³-hybridized carbons (Fsp3) is 0.0323. The van der Waals surface area contributed by atoms with Crippen molar-refractivity contribution in [2.45, 2.75) is 0 Å². The fourth-order valence-electron chi connectivity index (χ4n) is 4.52. The van der Waals surface area contributed by atoms with Crippen LogP contribution in [0, 0.1) is 18.8 Å². The summed E-state index contributed by atoms with van der Waals surface area (Å²) in [6, 6.07) is 43.3. The molecule has 0 saturated carbocycles. The number of para-hydroxylation sites is 3. The van der Waals surface area contributed by atoms with E-state index >= 15 is 0 Å². The van der Waals surface area contributed by atoms with Crippen LogP contribution in [0.15, 0.2) is 115 Å². The Hall–Kier alpha value is -3.92. The van der Waals surface area contributed by atoms with Gasteiger partial charge >= 0.3 is 20.1 Å². The van der Waals surface area contributed by atoms with Gasteiger partial charge in [0.25, 0.3) is 0 Å². The molecule has 1 aromatic heterocycles. The Bertz CT molecular complexity index is 1400. The molecule has 0 aliphatic carbocycles. The largest absolute Gasteiger partial charge is 3.00 e. The van der Waals surface area contributed by atoms with Crippen molar-refractivity contribution in [1.82, 2.24) is 4.98 Å². The molecule has 0 N–H and O–H groups in total. The molecule has 0 fully saturated rings. The van der Waals surface area contributed by atoms with E-state index in [2.05, 4.69) is 94.1 Å². The van der Waals surface area contributed by atoms with Crippen LogP contribution in [0.4, 0.5) is 34.1 Å². The molecule has 7 rings (SSSR count). The third-order valence-corrected chi connectivity index (χ3v) is 6.19. The van der Waals surface area contributed by atoms with Crippen molar-refractivity contribution in [2.75, 3.05) is 21.7 Å². The Morgan fingerprint density at radius 3 is 2.19 bits per heavy atom. The Morgan fingerprint density at radius 2 is 1.42 bits per heavy atom. The van der Waals surface area contributed by atoms with Crippen molar-refractivity contribution in [3.63, 3.8) is 0 Å². The van der Waals surface area contributed by atoms with Crippen molar-refractivity contribution in [3.8, 4) is 11.3 Å². The van der Waals surface area contributed by atoms with Gasteiger partial charge in [-0.1, -0.05) is 42.1 Å². The first-order valence-corrected chi connectivity index (χ1v) is 11.6. The average molecular weight is 644 g/mol. The summed E-state index contributed by atoms with van der Waals surface area (Å²) >= 11 is 0. The van der Waals surface area contributed by atoms with E-state index in [4.69, 9.17) is 0 Å². The number of benzene rings is 4. The molecule has 0 saturated heterocycles. The molecule has 5 heteroatoms. The van der Waals surface area contributed by atoms with Crippen LogP contribution in [0.25, 0.3) is 11.3 Å². The third kappa shape index (κ3) is 4.28. The second kappa shape index (κ2) is 10.4. The van der Waals surface area contributed by atoms with E-state index in [1.807, 2.05) is 60.7 Å². The number of nitrogens with zero attached hydrogens (tertiary/aromatic N) is 4. The first kappa shape index (κ1) is 23.8. The summed E-state index contributed by atoms with van der Waals surface area (Å²) in [4.78, 5) is 10.9. The number of hydrogen-bond acceptors (Lipinski definition) is 4. The fourth-order valence-corrected chi connectivity index (χ4v) is 4.52. The molecular weight excluding hydrogens is 621 g/mol. The second-order valence-corrected chi connectivity index (χ2v) is 8.29.